The highest BCUT2D eigenvalue weighted by Crippen LogP contribution is 2.27. The van der Waals surface area contributed by atoms with Gasteiger partial charge < -0.3 is 15.4 Å². The van der Waals surface area contributed by atoms with Gasteiger partial charge in [-0.3, -0.25) is 13.9 Å². The molecule has 4 rings (SSSR count). The minimum Gasteiger partial charge on any atom is -0.497 e. The van der Waals surface area contributed by atoms with Crippen molar-refractivity contribution >= 4 is 33.2 Å². The van der Waals surface area contributed by atoms with Crippen molar-refractivity contribution in [2.75, 3.05) is 29.8 Å². The molecule has 4 aromatic rings. The monoisotopic (exact) mass is 561 g/mol. The number of carbonyl (C=O) groups is 2. The van der Waals surface area contributed by atoms with Gasteiger partial charge in [0, 0.05) is 6.54 Å². The summed E-state index contributed by atoms with van der Waals surface area (Å²) in [5.41, 5.74) is 1.18. The molecule has 0 aromatic heterocycles. The van der Waals surface area contributed by atoms with Crippen LogP contribution in [0.4, 0.5) is 15.8 Å². The number of sulfonamides is 1. The van der Waals surface area contributed by atoms with E-state index in [1.54, 1.807) is 18.2 Å². The van der Waals surface area contributed by atoms with Crippen LogP contribution in [-0.4, -0.2) is 40.4 Å². The summed E-state index contributed by atoms with van der Waals surface area (Å²) in [6.07, 6.45) is 0.627. The molecule has 0 aliphatic heterocycles. The topological polar surface area (TPSA) is 105 Å². The molecule has 206 valence electrons. The third-order valence-corrected chi connectivity index (χ3v) is 7.82. The molecule has 8 nitrogen and oxygen atoms in total. The van der Waals surface area contributed by atoms with Gasteiger partial charge in [-0.15, -0.1) is 0 Å². The molecular weight excluding hydrogens is 533 g/mol. The number of rotatable bonds is 11. The van der Waals surface area contributed by atoms with E-state index in [4.69, 9.17) is 4.74 Å². The Bertz CT molecular complexity index is 1580. The Kier molecular flexibility index (Phi) is 9.13. The number of carbonyl (C=O) groups excluding carboxylic acids is 2. The first-order valence-electron chi connectivity index (χ1n) is 12.4. The van der Waals surface area contributed by atoms with Gasteiger partial charge in [-0.2, -0.15) is 0 Å². The summed E-state index contributed by atoms with van der Waals surface area (Å²) in [7, 11) is -2.91. The van der Waals surface area contributed by atoms with Crippen LogP contribution in [0.25, 0.3) is 0 Å². The highest BCUT2D eigenvalue weighted by Gasteiger charge is 2.29. The van der Waals surface area contributed by atoms with Gasteiger partial charge in [0.05, 0.1) is 28.9 Å². The summed E-state index contributed by atoms with van der Waals surface area (Å²) < 4.78 is 47.7. The second kappa shape index (κ2) is 12.9. The molecule has 0 unspecified atom stereocenters. The highest BCUT2D eigenvalue weighted by molar-refractivity contribution is 7.92. The van der Waals surface area contributed by atoms with Gasteiger partial charge in [-0.05, 0) is 60.5 Å². The molecule has 10 heteroatoms. The lowest BCUT2D eigenvalue weighted by Crippen LogP contribution is -2.39. The predicted molar refractivity (Wildman–Crippen MR) is 151 cm³/mol. The number of amides is 2. The van der Waals surface area contributed by atoms with Crippen LogP contribution in [0, 0.1) is 5.82 Å². The number of para-hydroxylation sites is 2. The van der Waals surface area contributed by atoms with Crippen molar-refractivity contribution < 1.29 is 27.1 Å². The van der Waals surface area contributed by atoms with Gasteiger partial charge in [0.15, 0.2) is 0 Å². The van der Waals surface area contributed by atoms with E-state index in [-0.39, 0.29) is 21.8 Å². The zero-order valence-electron chi connectivity index (χ0n) is 21.7. The molecule has 2 amide bonds. The zero-order chi connectivity index (χ0) is 28.5. The maximum absolute atomic E-state index is 14.8. The first-order valence-corrected chi connectivity index (χ1v) is 13.9. The number of anilines is 2. The van der Waals surface area contributed by atoms with Crippen LogP contribution in [0.5, 0.6) is 5.75 Å². The number of nitrogens with one attached hydrogen (secondary N) is 2. The largest absolute Gasteiger partial charge is 0.497 e. The number of hydrogen-bond donors (Lipinski definition) is 2. The van der Waals surface area contributed by atoms with E-state index in [1.165, 1.54) is 55.6 Å². The third kappa shape index (κ3) is 6.83. The van der Waals surface area contributed by atoms with E-state index >= 15 is 0 Å². The molecule has 0 saturated heterocycles. The summed E-state index contributed by atoms with van der Waals surface area (Å²) >= 11 is 0. The molecular formula is C30H28FN3O5S. The number of benzene rings is 4. The molecule has 0 radical (unpaired) electrons. The number of halogens is 1. The van der Waals surface area contributed by atoms with E-state index in [0.29, 0.717) is 23.0 Å². The zero-order valence-corrected chi connectivity index (χ0v) is 22.5. The Morgan fingerprint density at radius 1 is 0.850 bits per heavy atom. The summed E-state index contributed by atoms with van der Waals surface area (Å²) in [5, 5.41) is 5.45. The second-order valence-electron chi connectivity index (χ2n) is 8.72. The standard InChI is InChI=1S/C30H28FN3O5S/c1-39-23-15-17-24(18-16-23)40(37,38)34(28-14-8-6-12-26(28)31)21-29(35)33-27-13-7-5-11-25(27)30(36)32-20-19-22-9-3-2-4-10-22/h2-18H,19-21H2,1H3,(H,32,36)(H,33,35). The van der Waals surface area contributed by atoms with Gasteiger partial charge in [-0.1, -0.05) is 54.6 Å². The highest BCUT2D eigenvalue weighted by atomic mass is 32.2. The lowest BCUT2D eigenvalue weighted by molar-refractivity contribution is -0.114. The first kappa shape index (κ1) is 28.3. The van der Waals surface area contributed by atoms with Crippen molar-refractivity contribution in [3.05, 3.63) is 120 Å². The molecule has 0 aliphatic rings. The number of ether oxygens (including phenoxy) is 1. The Balaban J connectivity index is 1.53. The Hall–Kier alpha value is -4.70. The summed E-state index contributed by atoms with van der Waals surface area (Å²) in [6, 6.07) is 26.9. The van der Waals surface area contributed by atoms with Crippen LogP contribution in [-0.2, 0) is 21.2 Å². The number of nitrogens with zero attached hydrogens (tertiary/aromatic N) is 1. The molecule has 0 spiro atoms. The second-order valence-corrected chi connectivity index (χ2v) is 10.6. The molecule has 0 fully saturated rings. The Morgan fingerprint density at radius 3 is 2.20 bits per heavy atom. The predicted octanol–water partition coefficient (Wildman–Crippen LogP) is 4.64. The summed E-state index contributed by atoms with van der Waals surface area (Å²) in [5.74, 6) is -1.54. The first-order chi connectivity index (χ1) is 19.3. The van der Waals surface area contributed by atoms with E-state index in [1.807, 2.05) is 30.3 Å². The van der Waals surface area contributed by atoms with Crippen molar-refractivity contribution in [3.8, 4) is 5.75 Å². The van der Waals surface area contributed by atoms with Crippen molar-refractivity contribution in [2.45, 2.75) is 11.3 Å². The van der Waals surface area contributed by atoms with Crippen LogP contribution < -0.4 is 19.7 Å². The fourth-order valence-electron chi connectivity index (χ4n) is 4.00. The van der Waals surface area contributed by atoms with E-state index < -0.39 is 34.2 Å². The fraction of sp³-hybridized carbons (Fsp3) is 0.133. The fourth-order valence-corrected chi connectivity index (χ4v) is 5.43. The van der Waals surface area contributed by atoms with Crippen LogP contribution in [0.2, 0.25) is 0 Å². The maximum atomic E-state index is 14.8. The van der Waals surface area contributed by atoms with Gasteiger partial charge >= 0.3 is 0 Å². The summed E-state index contributed by atoms with van der Waals surface area (Å²) in [6.45, 7) is -0.356. The molecule has 0 atom stereocenters. The van der Waals surface area contributed by atoms with Crippen molar-refractivity contribution in [1.82, 2.24) is 5.32 Å². The van der Waals surface area contributed by atoms with Gasteiger partial charge in [0.25, 0.3) is 15.9 Å². The van der Waals surface area contributed by atoms with E-state index in [9.17, 15) is 22.4 Å². The molecule has 0 heterocycles. The quantitative estimate of drug-likeness (QED) is 0.278. The van der Waals surface area contributed by atoms with Gasteiger partial charge in [-0.25, -0.2) is 12.8 Å². The van der Waals surface area contributed by atoms with Gasteiger partial charge in [0.1, 0.15) is 18.1 Å². The molecule has 0 saturated carbocycles. The smallest absolute Gasteiger partial charge is 0.264 e. The molecule has 2 N–H and O–H groups in total. The number of hydrogen-bond acceptors (Lipinski definition) is 5. The van der Waals surface area contributed by atoms with Crippen LogP contribution in [0.15, 0.2) is 108 Å². The van der Waals surface area contributed by atoms with Crippen molar-refractivity contribution in [1.29, 1.82) is 0 Å². The minimum absolute atomic E-state index is 0.150. The summed E-state index contributed by atoms with van der Waals surface area (Å²) in [4.78, 5) is 25.9. The molecule has 0 bridgehead atoms. The van der Waals surface area contributed by atoms with Crippen molar-refractivity contribution in [2.24, 2.45) is 0 Å². The normalized spacial score (nSPS) is 10.9. The van der Waals surface area contributed by atoms with Crippen LogP contribution in [0.3, 0.4) is 0 Å². The molecule has 4 aromatic carbocycles. The van der Waals surface area contributed by atoms with Crippen molar-refractivity contribution in [3.63, 3.8) is 0 Å². The molecule has 0 aliphatic carbocycles. The van der Waals surface area contributed by atoms with Crippen LogP contribution >= 0.6 is 0 Å². The molecule has 40 heavy (non-hydrogen) atoms. The third-order valence-electron chi connectivity index (χ3n) is 6.04. The lowest BCUT2D eigenvalue weighted by atomic mass is 10.1. The Morgan fingerprint density at radius 2 is 1.50 bits per heavy atom. The minimum atomic E-state index is -4.36. The average Bonchev–Trinajstić information content (AvgIpc) is 2.97. The Labute approximate surface area is 232 Å². The maximum Gasteiger partial charge on any atom is 0.264 e. The average molecular weight is 562 g/mol. The lowest BCUT2D eigenvalue weighted by Gasteiger charge is -2.24. The van der Waals surface area contributed by atoms with E-state index in [2.05, 4.69) is 10.6 Å². The van der Waals surface area contributed by atoms with Gasteiger partial charge in [0.2, 0.25) is 5.91 Å². The SMILES string of the molecule is COc1ccc(S(=O)(=O)N(CC(=O)Nc2ccccc2C(=O)NCCc2ccccc2)c2ccccc2F)cc1. The van der Waals surface area contributed by atoms with Crippen LogP contribution in [0.1, 0.15) is 15.9 Å². The number of methoxy groups -OCH3 is 1. The van der Waals surface area contributed by atoms with E-state index in [0.717, 1.165) is 11.6 Å².